The van der Waals surface area contributed by atoms with Crippen molar-refractivity contribution in [2.45, 2.75) is 13.1 Å². The molecule has 0 fully saturated rings. The van der Waals surface area contributed by atoms with Crippen molar-refractivity contribution in [3.63, 3.8) is 0 Å². The molecule has 1 nitrogen and oxygen atoms in total. The number of rotatable bonds is 3. The van der Waals surface area contributed by atoms with Crippen LogP contribution >= 0.6 is 11.6 Å². The van der Waals surface area contributed by atoms with Gasteiger partial charge in [-0.3, -0.25) is 0 Å². The highest BCUT2D eigenvalue weighted by atomic mass is 35.5. The average molecular weight is 313 g/mol. The second-order valence-electron chi connectivity index (χ2n) is 4.48. The van der Waals surface area contributed by atoms with Crippen LogP contribution in [0.1, 0.15) is 16.7 Å². The first kappa shape index (κ1) is 15.4. The third-order valence-corrected chi connectivity index (χ3v) is 3.16. The molecule has 0 unspecified atom stereocenters. The number of hydrogen-bond donors (Lipinski definition) is 0. The minimum Gasteiger partial charge on any atom is -0.457 e. The van der Waals surface area contributed by atoms with Crippen molar-refractivity contribution < 1.29 is 17.9 Å². The largest absolute Gasteiger partial charge is 0.457 e. The van der Waals surface area contributed by atoms with Crippen molar-refractivity contribution in [1.82, 2.24) is 0 Å². The molecule has 0 atom stereocenters. The molecule has 2 aromatic rings. The second kappa shape index (κ2) is 5.82. The second-order valence-corrected chi connectivity index (χ2v) is 4.91. The van der Waals surface area contributed by atoms with Gasteiger partial charge in [-0.05, 0) is 30.7 Å². The Morgan fingerprint density at radius 2 is 1.81 bits per heavy atom. The summed E-state index contributed by atoms with van der Waals surface area (Å²) in [5.74, 6) is -0.166. The lowest BCUT2D eigenvalue weighted by atomic mass is 10.1. The first-order valence-electron chi connectivity index (χ1n) is 6.08. The van der Waals surface area contributed by atoms with Gasteiger partial charge in [0.05, 0.1) is 5.56 Å². The Morgan fingerprint density at radius 3 is 2.43 bits per heavy atom. The smallest absolute Gasteiger partial charge is 0.420 e. The summed E-state index contributed by atoms with van der Waals surface area (Å²) in [6, 6.07) is 10.5. The zero-order valence-corrected chi connectivity index (χ0v) is 11.9. The summed E-state index contributed by atoms with van der Waals surface area (Å²) < 4.78 is 44.3. The van der Waals surface area contributed by atoms with Crippen molar-refractivity contribution in [3.05, 3.63) is 70.8 Å². The number of benzene rings is 2. The number of halogens is 4. The van der Waals surface area contributed by atoms with E-state index in [0.717, 1.165) is 11.6 Å². The summed E-state index contributed by atoms with van der Waals surface area (Å²) in [6.45, 7) is 5.53. The molecular weight excluding hydrogens is 301 g/mol. The summed E-state index contributed by atoms with van der Waals surface area (Å²) >= 11 is 5.62. The van der Waals surface area contributed by atoms with Crippen molar-refractivity contribution >= 4 is 17.4 Å². The molecule has 0 saturated heterocycles. The van der Waals surface area contributed by atoms with E-state index in [2.05, 4.69) is 6.58 Å². The predicted octanol–water partition coefficient (Wildman–Crippen LogP) is 5.72. The first-order valence-corrected chi connectivity index (χ1v) is 6.46. The summed E-state index contributed by atoms with van der Waals surface area (Å²) in [5.41, 5.74) is 0.593. The van der Waals surface area contributed by atoms with Crippen LogP contribution in [-0.2, 0) is 6.18 Å². The molecule has 110 valence electrons. The quantitative estimate of drug-likeness (QED) is 0.659. The van der Waals surface area contributed by atoms with Crippen molar-refractivity contribution in [3.8, 4) is 5.75 Å². The third kappa shape index (κ3) is 3.58. The molecule has 0 saturated carbocycles. The van der Waals surface area contributed by atoms with Gasteiger partial charge in [0.15, 0.2) is 0 Å². The molecule has 0 aliphatic rings. The van der Waals surface area contributed by atoms with Crippen molar-refractivity contribution in [1.29, 1.82) is 0 Å². The van der Waals surface area contributed by atoms with E-state index in [1.165, 1.54) is 12.1 Å². The molecule has 21 heavy (non-hydrogen) atoms. The minimum atomic E-state index is -4.55. The molecular formula is C16H12ClF3O. The highest BCUT2D eigenvalue weighted by Gasteiger charge is 2.35. The molecule has 0 radical (unpaired) electrons. The van der Waals surface area contributed by atoms with Gasteiger partial charge >= 0.3 is 6.18 Å². The Morgan fingerprint density at radius 1 is 1.14 bits per heavy atom. The van der Waals surface area contributed by atoms with Crippen LogP contribution in [0.25, 0.3) is 5.76 Å². The van der Waals surface area contributed by atoms with Gasteiger partial charge in [-0.25, -0.2) is 0 Å². The van der Waals surface area contributed by atoms with Crippen LogP contribution in [0.3, 0.4) is 0 Å². The van der Waals surface area contributed by atoms with Gasteiger partial charge in [0.1, 0.15) is 11.5 Å². The van der Waals surface area contributed by atoms with Crippen LogP contribution in [0.2, 0.25) is 5.02 Å². The normalized spacial score (nSPS) is 11.3. The number of ether oxygens (including phenoxy) is 1. The van der Waals surface area contributed by atoms with E-state index in [9.17, 15) is 13.2 Å². The average Bonchev–Trinajstić information content (AvgIpc) is 2.40. The monoisotopic (exact) mass is 312 g/mol. The number of hydrogen-bond acceptors (Lipinski definition) is 1. The van der Waals surface area contributed by atoms with E-state index in [4.69, 9.17) is 16.3 Å². The van der Waals surface area contributed by atoms with E-state index in [1.54, 1.807) is 12.1 Å². The summed E-state index contributed by atoms with van der Waals surface area (Å²) in [6.07, 6.45) is -4.55. The molecule has 0 aliphatic carbocycles. The molecule has 0 aliphatic heterocycles. The van der Waals surface area contributed by atoms with Crippen molar-refractivity contribution in [2.75, 3.05) is 0 Å². The zero-order chi connectivity index (χ0) is 15.6. The first-order chi connectivity index (χ1) is 9.79. The maximum atomic E-state index is 13.0. The molecule has 5 heteroatoms. The molecule has 0 N–H and O–H groups in total. The van der Waals surface area contributed by atoms with Crippen LogP contribution in [0, 0.1) is 6.92 Å². The standard InChI is InChI=1S/C16H12ClF3O/c1-10-5-3-4-6-13(10)11(2)21-15-8-7-12(17)9-14(15)16(18,19)20/h3-9H,2H2,1H3. The molecule has 0 bridgehead atoms. The number of alkyl halides is 3. The Kier molecular flexibility index (Phi) is 4.28. The molecule has 0 aromatic heterocycles. The molecule has 0 heterocycles. The van der Waals surface area contributed by atoms with Crippen LogP contribution in [0.5, 0.6) is 5.75 Å². The maximum absolute atomic E-state index is 13.0. The van der Waals surface area contributed by atoms with Gasteiger partial charge in [0.25, 0.3) is 0 Å². The van der Waals surface area contributed by atoms with E-state index in [1.807, 2.05) is 19.1 Å². The number of aryl methyl sites for hydroxylation is 1. The highest BCUT2D eigenvalue weighted by molar-refractivity contribution is 6.30. The summed E-state index contributed by atoms with van der Waals surface area (Å²) in [4.78, 5) is 0. The van der Waals surface area contributed by atoms with Gasteiger partial charge in [-0.2, -0.15) is 13.2 Å². The lowest BCUT2D eigenvalue weighted by molar-refractivity contribution is -0.138. The lowest BCUT2D eigenvalue weighted by Crippen LogP contribution is -2.08. The molecule has 0 spiro atoms. The van der Waals surface area contributed by atoms with Gasteiger partial charge < -0.3 is 4.74 Å². The highest BCUT2D eigenvalue weighted by Crippen LogP contribution is 2.39. The van der Waals surface area contributed by atoms with Crippen molar-refractivity contribution in [2.24, 2.45) is 0 Å². The Balaban J connectivity index is 2.36. The van der Waals surface area contributed by atoms with Crippen LogP contribution in [0.15, 0.2) is 49.0 Å². The fraction of sp³-hybridized carbons (Fsp3) is 0.125. The van der Waals surface area contributed by atoms with Gasteiger partial charge in [0, 0.05) is 10.6 Å². The maximum Gasteiger partial charge on any atom is 0.420 e. The molecule has 0 amide bonds. The predicted molar refractivity (Wildman–Crippen MR) is 77.3 cm³/mol. The minimum absolute atomic E-state index is 0.00354. The fourth-order valence-electron chi connectivity index (χ4n) is 1.89. The SMILES string of the molecule is C=C(Oc1ccc(Cl)cc1C(F)(F)F)c1ccccc1C. The van der Waals surface area contributed by atoms with E-state index in [0.29, 0.717) is 5.56 Å². The Bertz CT molecular complexity index is 677. The van der Waals surface area contributed by atoms with Crippen LogP contribution in [-0.4, -0.2) is 0 Å². The molecule has 2 aromatic carbocycles. The van der Waals surface area contributed by atoms with Gasteiger partial charge in [-0.1, -0.05) is 42.4 Å². The summed E-state index contributed by atoms with van der Waals surface area (Å²) in [7, 11) is 0. The molecule has 2 rings (SSSR count). The topological polar surface area (TPSA) is 9.23 Å². The zero-order valence-electron chi connectivity index (χ0n) is 11.2. The Labute approximate surface area is 125 Å². The van der Waals surface area contributed by atoms with Gasteiger partial charge in [-0.15, -0.1) is 0 Å². The fourth-order valence-corrected chi connectivity index (χ4v) is 2.06. The summed E-state index contributed by atoms with van der Waals surface area (Å²) in [5, 5.41) is -0.00354. The van der Waals surface area contributed by atoms with Crippen LogP contribution < -0.4 is 4.74 Å². The Hall–Kier alpha value is -1.94. The van der Waals surface area contributed by atoms with E-state index < -0.39 is 11.7 Å². The lowest BCUT2D eigenvalue weighted by Gasteiger charge is -2.16. The third-order valence-electron chi connectivity index (χ3n) is 2.93. The van der Waals surface area contributed by atoms with Crippen LogP contribution in [0.4, 0.5) is 13.2 Å². The van der Waals surface area contributed by atoms with E-state index in [-0.39, 0.29) is 16.5 Å². The van der Waals surface area contributed by atoms with E-state index >= 15 is 0 Å². The van der Waals surface area contributed by atoms with Gasteiger partial charge in [0.2, 0.25) is 0 Å².